The first-order chi connectivity index (χ1) is 22.3. The zero-order valence-corrected chi connectivity index (χ0v) is 27.1. The van der Waals surface area contributed by atoms with Crippen LogP contribution < -0.4 is 11.5 Å². The van der Waals surface area contributed by atoms with Crippen LogP contribution in [0.4, 0.5) is 9.59 Å². The van der Waals surface area contributed by atoms with E-state index in [9.17, 15) is 24.3 Å². The van der Waals surface area contributed by atoms with E-state index in [1.165, 1.54) is 0 Å². The average Bonchev–Trinajstić information content (AvgIpc) is 3.11. The molecule has 2 aliphatic carbocycles. The van der Waals surface area contributed by atoms with Crippen LogP contribution in [0, 0.1) is 23.7 Å². The number of piperazine rings is 2. The molecular weight excluding hydrogens is 596 g/mol. The van der Waals surface area contributed by atoms with Crippen LogP contribution in [0.25, 0.3) is 0 Å². The summed E-state index contributed by atoms with van der Waals surface area (Å²) in [5.41, 5.74) is 11.6. The first kappa shape index (κ1) is 34.6. The van der Waals surface area contributed by atoms with E-state index in [-0.39, 0.29) is 36.9 Å². The quantitative estimate of drug-likeness (QED) is 0.353. The normalized spacial score (nSPS) is 32.5. The monoisotopic (exact) mass is 650 g/mol. The van der Waals surface area contributed by atoms with E-state index in [1.54, 1.807) is 9.80 Å². The van der Waals surface area contributed by atoms with Crippen LogP contribution in [-0.2, 0) is 23.8 Å². The van der Waals surface area contributed by atoms with E-state index in [0.717, 1.165) is 51.4 Å². The van der Waals surface area contributed by atoms with E-state index in [4.69, 9.17) is 25.7 Å². The Bertz CT molecular complexity index is 1030. The standard InChI is InChI=1S/C32H54N6O8/c33-19-22-1-5-24(6-2-22)29(40)35-10-14-37(15-11-35)31(42)45-21-27-28(39)26(9-18-44-27)46-32(43)38-16-12-36(13-17-38)30(41)25-7-3-23(20-34)4-8-25/h22-28,39H,1-21,33-34H2/t22?,23?,24?,25?,26-,27-,28+/m1/s1. The Morgan fingerprint density at radius 1 is 0.630 bits per heavy atom. The van der Waals surface area contributed by atoms with Gasteiger partial charge in [-0.3, -0.25) is 9.59 Å². The topological polar surface area (TPSA) is 181 Å². The summed E-state index contributed by atoms with van der Waals surface area (Å²) in [6, 6.07) is 0. The van der Waals surface area contributed by atoms with Gasteiger partial charge in [0.2, 0.25) is 11.8 Å². The summed E-state index contributed by atoms with van der Waals surface area (Å²) in [6.07, 6.45) is 3.94. The zero-order valence-electron chi connectivity index (χ0n) is 27.1. The van der Waals surface area contributed by atoms with Crippen molar-refractivity contribution in [3.63, 3.8) is 0 Å². The maximum Gasteiger partial charge on any atom is 0.410 e. The number of carbonyl (C=O) groups is 4. The lowest BCUT2D eigenvalue weighted by Gasteiger charge is -2.39. The third-order valence-corrected chi connectivity index (χ3v) is 10.9. The van der Waals surface area contributed by atoms with E-state index in [0.29, 0.717) is 83.7 Å². The van der Waals surface area contributed by atoms with Gasteiger partial charge in [-0.05, 0) is 76.3 Å². The molecule has 0 aromatic heterocycles. The second-order valence-corrected chi connectivity index (χ2v) is 13.7. The molecule has 0 aromatic rings. The van der Waals surface area contributed by atoms with Gasteiger partial charge < -0.3 is 50.4 Å². The lowest BCUT2D eigenvalue weighted by molar-refractivity contribution is -0.153. The molecule has 0 bridgehead atoms. The van der Waals surface area contributed by atoms with Crippen LogP contribution in [0.1, 0.15) is 57.8 Å². The van der Waals surface area contributed by atoms with Crippen LogP contribution in [-0.4, -0.2) is 146 Å². The fourth-order valence-electron chi connectivity index (χ4n) is 7.59. The molecule has 5 N–H and O–H groups in total. The predicted molar refractivity (Wildman–Crippen MR) is 167 cm³/mol. The van der Waals surface area contributed by atoms with Crippen molar-refractivity contribution in [2.45, 2.75) is 76.1 Å². The second kappa shape index (κ2) is 16.4. The minimum absolute atomic E-state index is 0.0372. The molecule has 0 unspecified atom stereocenters. The maximum absolute atomic E-state index is 13.0. The Balaban J connectivity index is 0.991. The number of nitrogens with zero attached hydrogens (tertiary/aromatic N) is 4. The lowest BCUT2D eigenvalue weighted by Crippen LogP contribution is -2.55. The van der Waals surface area contributed by atoms with Crippen LogP contribution in [0.3, 0.4) is 0 Å². The van der Waals surface area contributed by atoms with Crippen molar-refractivity contribution in [1.82, 2.24) is 19.6 Å². The van der Waals surface area contributed by atoms with Crippen molar-refractivity contribution < 1.29 is 38.5 Å². The number of hydrogen-bond donors (Lipinski definition) is 3. The summed E-state index contributed by atoms with van der Waals surface area (Å²) in [7, 11) is 0. The molecule has 0 radical (unpaired) electrons. The van der Waals surface area contributed by atoms with Crippen LogP contribution in [0.5, 0.6) is 0 Å². The smallest absolute Gasteiger partial charge is 0.410 e. The number of carbonyl (C=O) groups excluding carboxylic acids is 4. The molecule has 4 amide bonds. The fourth-order valence-corrected chi connectivity index (χ4v) is 7.59. The van der Waals surface area contributed by atoms with Gasteiger partial charge >= 0.3 is 12.2 Å². The number of amides is 4. The number of nitrogens with two attached hydrogens (primary N) is 2. The fraction of sp³-hybridized carbons (Fsp3) is 0.875. The highest BCUT2D eigenvalue weighted by Gasteiger charge is 2.39. The van der Waals surface area contributed by atoms with Gasteiger partial charge in [-0.2, -0.15) is 0 Å². The molecule has 5 rings (SSSR count). The third-order valence-electron chi connectivity index (χ3n) is 10.9. The number of rotatable bonds is 7. The SMILES string of the molecule is NCC1CCC(C(=O)N2CCN(C(=O)OC[C@H]3OCC[C@@H](OC(=O)N4CCN(C(=O)C5CCC(CN)CC5)CC4)[C@@H]3O)CC2)CC1. The molecule has 5 aliphatic rings. The van der Waals surface area contributed by atoms with E-state index < -0.39 is 30.5 Å². The van der Waals surface area contributed by atoms with Gasteiger partial charge in [-0.25, -0.2) is 9.59 Å². The second-order valence-electron chi connectivity index (χ2n) is 13.7. The van der Waals surface area contributed by atoms with Gasteiger partial charge in [0.25, 0.3) is 0 Å². The van der Waals surface area contributed by atoms with Gasteiger partial charge in [-0.1, -0.05) is 0 Å². The highest BCUT2D eigenvalue weighted by molar-refractivity contribution is 5.80. The Hall–Kier alpha value is -2.68. The van der Waals surface area contributed by atoms with Gasteiger partial charge in [-0.15, -0.1) is 0 Å². The first-order valence-electron chi connectivity index (χ1n) is 17.4. The molecule has 14 nitrogen and oxygen atoms in total. The Morgan fingerprint density at radius 3 is 1.52 bits per heavy atom. The third kappa shape index (κ3) is 8.61. The van der Waals surface area contributed by atoms with Crippen molar-refractivity contribution in [3.05, 3.63) is 0 Å². The van der Waals surface area contributed by atoms with Crippen molar-refractivity contribution in [1.29, 1.82) is 0 Å². The predicted octanol–water partition coefficient (Wildman–Crippen LogP) is 0.597. The van der Waals surface area contributed by atoms with Crippen molar-refractivity contribution in [3.8, 4) is 0 Å². The Kier molecular flexibility index (Phi) is 12.4. The van der Waals surface area contributed by atoms with Crippen molar-refractivity contribution in [2.24, 2.45) is 35.1 Å². The molecule has 3 atom stereocenters. The molecule has 5 fully saturated rings. The maximum atomic E-state index is 13.0. The average molecular weight is 651 g/mol. The highest BCUT2D eigenvalue weighted by Crippen LogP contribution is 2.31. The van der Waals surface area contributed by atoms with Crippen molar-refractivity contribution >= 4 is 24.0 Å². The van der Waals surface area contributed by atoms with Crippen molar-refractivity contribution in [2.75, 3.05) is 78.7 Å². The van der Waals surface area contributed by atoms with Gasteiger partial charge in [0, 0.05) is 70.6 Å². The summed E-state index contributed by atoms with van der Waals surface area (Å²) >= 11 is 0. The summed E-state index contributed by atoms with van der Waals surface area (Å²) in [5, 5.41) is 10.9. The van der Waals surface area contributed by atoms with Gasteiger partial charge in [0.05, 0.1) is 6.61 Å². The summed E-state index contributed by atoms with van der Waals surface area (Å²) in [4.78, 5) is 58.6. The first-order valence-corrected chi connectivity index (χ1v) is 17.4. The summed E-state index contributed by atoms with van der Waals surface area (Å²) in [5.74, 6) is 1.43. The molecule has 3 heterocycles. The van der Waals surface area contributed by atoms with Crippen LogP contribution in [0.15, 0.2) is 0 Å². The molecule has 260 valence electrons. The van der Waals surface area contributed by atoms with E-state index in [1.807, 2.05) is 9.80 Å². The number of ether oxygens (including phenoxy) is 3. The Labute approximate surface area is 272 Å². The molecule has 3 saturated heterocycles. The molecule has 14 heteroatoms. The minimum Gasteiger partial charge on any atom is -0.447 e. The van der Waals surface area contributed by atoms with Crippen LogP contribution in [0.2, 0.25) is 0 Å². The highest BCUT2D eigenvalue weighted by atomic mass is 16.6. The van der Waals surface area contributed by atoms with E-state index >= 15 is 0 Å². The van der Waals surface area contributed by atoms with Gasteiger partial charge in [0.1, 0.15) is 24.9 Å². The van der Waals surface area contributed by atoms with Gasteiger partial charge in [0.15, 0.2) is 0 Å². The number of hydrogen-bond acceptors (Lipinski definition) is 10. The number of aliphatic hydroxyl groups excluding tert-OH is 1. The molecule has 3 aliphatic heterocycles. The molecular formula is C32H54N6O8. The summed E-state index contributed by atoms with van der Waals surface area (Å²) < 4.78 is 16.8. The largest absolute Gasteiger partial charge is 0.447 e. The number of aliphatic hydroxyl groups is 1. The van der Waals surface area contributed by atoms with Crippen LogP contribution >= 0.6 is 0 Å². The minimum atomic E-state index is -1.15. The zero-order chi connectivity index (χ0) is 32.6. The molecule has 0 spiro atoms. The lowest BCUT2D eigenvalue weighted by atomic mass is 9.81. The molecule has 2 saturated carbocycles. The van der Waals surface area contributed by atoms with E-state index in [2.05, 4.69) is 0 Å². The molecule has 0 aromatic carbocycles. The Morgan fingerprint density at radius 2 is 1.07 bits per heavy atom. The summed E-state index contributed by atoms with van der Waals surface area (Å²) in [6.45, 7) is 4.77. The molecule has 46 heavy (non-hydrogen) atoms.